The minimum absolute atomic E-state index is 0.169. The number of carbonyl (C=O) groups excluding carboxylic acids is 1. The van der Waals surface area contributed by atoms with Crippen LogP contribution in [0.5, 0.6) is 5.75 Å². The number of ether oxygens (including phenoxy) is 2. The van der Waals surface area contributed by atoms with Crippen molar-refractivity contribution in [2.24, 2.45) is 0 Å². The third-order valence-corrected chi connectivity index (χ3v) is 3.50. The molecule has 0 bridgehead atoms. The highest BCUT2D eigenvalue weighted by Gasteiger charge is 2.27. The quantitative estimate of drug-likeness (QED) is 0.765. The van der Waals surface area contributed by atoms with Crippen LogP contribution >= 0.6 is 0 Å². The molecule has 0 spiro atoms. The van der Waals surface area contributed by atoms with Crippen molar-refractivity contribution in [3.8, 4) is 5.75 Å². The summed E-state index contributed by atoms with van der Waals surface area (Å²) >= 11 is 0. The lowest BCUT2D eigenvalue weighted by atomic mass is 10.0. The Morgan fingerprint density at radius 1 is 1.37 bits per heavy atom. The molecule has 0 saturated carbocycles. The van der Waals surface area contributed by atoms with Crippen LogP contribution in [0.1, 0.15) is 31.4 Å². The standard InChI is InChI=1S/C15H21NO3/c1-3-19-13-8-6-12(7-9-13)14-5-4-10-16(14)11-15(17)18-2/h6-9,14H,3-5,10-11H2,1-2H3. The first kappa shape index (κ1) is 13.9. The lowest BCUT2D eigenvalue weighted by molar-refractivity contribution is -0.142. The smallest absolute Gasteiger partial charge is 0.319 e. The Kier molecular flexibility index (Phi) is 4.80. The van der Waals surface area contributed by atoms with Gasteiger partial charge in [0.1, 0.15) is 5.75 Å². The van der Waals surface area contributed by atoms with E-state index < -0.39 is 0 Å². The molecular weight excluding hydrogens is 242 g/mol. The van der Waals surface area contributed by atoms with Crippen LogP contribution in [0.2, 0.25) is 0 Å². The van der Waals surface area contributed by atoms with E-state index in [1.165, 1.54) is 12.7 Å². The van der Waals surface area contributed by atoms with Gasteiger partial charge in [0, 0.05) is 6.04 Å². The summed E-state index contributed by atoms with van der Waals surface area (Å²) in [4.78, 5) is 13.6. The van der Waals surface area contributed by atoms with Gasteiger partial charge in [0.15, 0.2) is 0 Å². The molecule has 1 aromatic carbocycles. The fraction of sp³-hybridized carbons (Fsp3) is 0.533. The number of carbonyl (C=O) groups is 1. The number of rotatable bonds is 5. The van der Waals surface area contributed by atoms with E-state index in [1.807, 2.05) is 19.1 Å². The predicted octanol–water partition coefficient (Wildman–Crippen LogP) is 2.40. The van der Waals surface area contributed by atoms with Crippen molar-refractivity contribution in [2.45, 2.75) is 25.8 Å². The molecule has 0 N–H and O–H groups in total. The van der Waals surface area contributed by atoms with Crippen LogP contribution in [0, 0.1) is 0 Å². The molecule has 4 heteroatoms. The summed E-state index contributed by atoms with van der Waals surface area (Å²) in [6.45, 7) is 3.97. The van der Waals surface area contributed by atoms with Crippen molar-refractivity contribution in [1.82, 2.24) is 4.90 Å². The SMILES string of the molecule is CCOc1ccc(C2CCCN2CC(=O)OC)cc1. The molecule has 0 radical (unpaired) electrons. The highest BCUT2D eigenvalue weighted by Crippen LogP contribution is 2.32. The van der Waals surface area contributed by atoms with Gasteiger partial charge in [0.05, 0.1) is 20.3 Å². The third-order valence-electron chi connectivity index (χ3n) is 3.50. The molecule has 1 aliphatic heterocycles. The van der Waals surface area contributed by atoms with E-state index in [1.54, 1.807) is 0 Å². The number of likely N-dealkylation sites (tertiary alicyclic amines) is 1. The average Bonchev–Trinajstić information content (AvgIpc) is 2.88. The van der Waals surface area contributed by atoms with Gasteiger partial charge in [-0.25, -0.2) is 0 Å². The van der Waals surface area contributed by atoms with Crippen molar-refractivity contribution in [3.63, 3.8) is 0 Å². The maximum atomic E-state index is 11.4. The molecule has 1 atom stereocenters. The lowest BCUT2D eigenvalue weighted by Crippen LogP contribution is -2.30. The molecule has 4 nitrogen and oxygen atoms in total. The van der Waals surface area contributed by atoms with Gasteiger partial charge in [-0.1, -0.05) is 12.1 Å². The molecule has 104 valence electrons. The van der Waals surface area contributed by atoms with Gasteiger partial charge in [-0.15, -0.1) is 0 Å². The molecule has 2 rings (SSSR count). The lowest BCUT2D eigenvalue weighted by Gasteiger charge is -2.23. The van der Waals surface area contributed by atoms with Crippen molar-refractivity contribution in [1.29, 1.82) is 0 Å². The zero-order valence-electron chi connectivity index (χ0n) is 11.6. The Bertz CT molecular complexity index is 416. The van der Waals surface area contributed by atoms with E-state index in [9.17, 15) is 4.79 Å². The maximum Gasteiger partial charge on any atom is 0.319 e. The number of hydrogen-bond acceptors (Lipinski definition) is 4. The first-order valence-electron chi connectivity index (χ1n) is 6.78. The summed E-state index contributed by atoms with van der Waals surface area (Å²) in [6.07, 6.45) is 2.21. The number of methoxy groups -OCH3 is 1. The Morgan fingerprint density at radius 3 is 2.74 bits per heavy atom. The second-order valence-corrected chi connectivity index (χ2v) is 4.71. The number of hydrogen-bond donors (Lipinski definition) is 0. The van der Waals surface area contributed by atoms with Crippen LogP contribution in [0.25, 0.3) is 0 Å². The zero-order chi connectivity index (χ0) is 13.7. The van der Waals surface area contributed by atoms with E-state index in [0.717, 1.165) is 25.1 Å². The molecule has 0 amide bonds. The Morgan fingerprint density at radius 2 is 2.11 bits per heavy atom. The Hall–Kier alpha value is -1.55. The third kappa shape index (κ3) is 3.47. The maximum absolute atomic E-state index is 11.4. The summed E-state index contributed by atoms with van der Waals surface area (Å²) in [7, 11) is 1.43. The van der Waals surface area contributed by atoms with E-state index in [2.05, 4.69) is 17.0 Å². The summed E-state index contributed by atoms with van der Waals surface area (Å²) in [5.41, 5.74) is 1.24. The topological polar surface area (TPSA) is 38.8 Å². The monoisotopic (exact) mass is 263 g/mol. The Labute approximate surface area is 114 Å². The van der Waals surface area contributed by atoms with Gasteiger partial charge < -0.3 is 9.47 Å². The number of benzene rings is 1. The first-order chi connectivity index (χ1) is 9.24. The second kappa shape index (κ2) is 6.57. The summed E-state index contributed by atoms with van der Waals surface area (Å²) in [5.74, 6) is 0.724. The normalized spacial score (nSPS) is 19.4. The molecule has 1 aromatic rings. The van der Waals surface area contributed by atoms with Crippen LogP contribution in [0.3, 0.4) is 0 Å². The molecule has 1 aliphatic rings. The van der Waals surface area contributed by atoms with Crippen LogP contribution < -0.4 is 4.74 Å². The summed E-state index contributed by atoms with van der Waals surface area (Å²) in [5, 5.41) is 0. The number of esters is 1. The fourth-order valence-electron chi connectivity index (χ4n) is 2.58. The first-order valence-corrected chi connectivity index (χ1v) is 6.78. The van der Waals surface area contributed by atoms with E-state index in [0.29, 0.717) is 19.2 Å². The van der Waals surface area contributed by atoms with Gasteiger partial charge in [-0.05, 0) is 44.0 Å². The van der Waals surface area contributed by atoms with Gasteiger partial charge in [0.25, 0.3) is 0 Å². The molecule has 0 aromatic heterocycles. The van der Waals surface area contributed by atoms with Crippen LogP contribution in [-0.4, -0.2) is 37.7 Å². The minimum Gasteiger partial charge on any atom is -0.494 e. The van der Waals surface area contributed by atoms with Crippen molar-refractivity contribution < 1.29 is 14.3 Å². The highest BCUT2D eigenvalue weighted by molar-refractivity contribution is 5.71. The second-order valence-electron chi connectivity index (χ2n) is 4.71. The van der Waals surface area contributed by atoms with Gasteiger partial charge in [-0.3, -0.25) is 9.69 Å². The molecular formula is C15H21NO3. The molecule has 1 fully saturated rings. The zero-order valence-corrected chi connectivity index (χ0v) is 11.6. The van der Waals surface area contributed by atoms with Gasteiger partial charge in [0.2, 0.25) is 0 Å². The van der Waals surface area contributed by atoms with E-state index >= 15 is 0 Å². The number of nitrogens with zero attached hydrogens (tertiary/aromatic N) is 1. The summed E-state index contributed by atoms with van der Waals surface area (Å²) < 4.78 is 10.2. The van der Waals surface area contributed by atoms with Crippen LogP contribution in [0.4, 0.5) is 0 Å². The molecule has 1 unspecified atom stereocenters. The predicted molar refractivity (Wildman–Crippen MR) is 73.2 cm³/mol. The van der Waals surface area contributed by atoms with Crippen molar-refractivity contribution >= 4 is 5.97 Å². The van der Waals surface area contributed by atoms with Gasteiger partial charge >= 0.3 is 5.97 Å². The minimum atomic E-state index is -0.169. The Balaban J connectivity index is 2.04. The average molecular weight is 263 g/mol. The molecule has 0 aliphatic carbocycles. The van der Waals surface area contributed by atoms with E-state index in [4.69, 9.17) is 9.47 Å². The molecule has 1 saturated heterocycles. The van der Waals surface area contributed by atoms with Crippen LogP contribution in [0.15, 0.2) is 24.3 Å². The van der Waals surface area contributed by atoms with E-state index in [-0.39, 0.29) is 5.97 Å². The van der Waals surface area contributed by atoms with Crippen molar-refractivity contribution in [2.75, 3.05) is 26.8 Å². The van der Waals surface area contributed by atoms with Gasteiger partial charge in [-0.2, -0.15) is 0 Å². The molecule has 1 heterocycles. The van der Waals surface area contributed by atoms with Crippen LogP contribution in [-0.2, 0) is 9.53 Å². The molecule has 19 heavy (non-hydrogen) atoms. The highest BCUT2D eigenvalue weighted by atomic mass is 16.5. The fourth-order valence-corrected chi connectivity index (χ4v) is 2.58. The van der Waals surface area contributed by atoms with Crippen molar-refractivity contribution in [3.05, 3.63) is 29.8 Å². The summed E-state index contributed by atoms with van der Waals surface area (Å²) in [6, 6.07) is 8.48. The largest absolute Gasteiger partial charge is 0.494 e.